The van der Waals surface area contributed by atoms with Gasteiger partial charge in [-0.05, 0) is 43.9 Å². The van der Waals surface area contributed by atoms with Gasteiger partial charge in [0.15, 0.2) is 0 Å². The van der Waals surface area contributed by atoms with Crippen LogP contribution in [0.2, 0.25) is 10.0 Å². The van der Waals surface area contributed by atoms with E-state index in [4.69, 9.17) is 37.5 Å². The van der Waals surface area contributed by atoms with Crippen molar-refractivity contribution in [1.82, 2.24) is 15.2 Å². The van der Waals surface area contributed by atoms with Crippen molar-refractivity contribution in [2.75, 3.05) is 37.6 Å². The fourth-order valence-corrected chi connectivity index (χ4v) is 4.40. The third-order valence-electron chi connectivity index (χ3n) is 5.70. The van der Waals surface area contributed by atoms with E-state index in [2.05, 4.69) is 20.1 Å². The zero-order valence-electron chi connectivity index (χ0n) is 18.0. The SMILES string of the molecule is CC(=O)O.O=C(N[C@H]1C[C@H](CCN2CCN(c3cccc(Cl)c3Cl)CC2)C1)c1ncco1. The highest BCUT2D eigenvalue weighted by molar-refractivity contribution is 6.43. The molecule has 1 aromatic heterocycles. The number of oxazole rings is 1. The minimum atomic E-state index is -0.833. The van der Waals surface area contributed by atoms with Gasteiger partial charge in [0.2, 0.25) is 0 Å². The van der Waals surface area contributed by atoms with Crippen molar-refractivity contribution in [1.29, 1.82) is 0 Å². The number of hydrogen-bond donors (Lipinski definition) is 2. The van der Waals surface area contributed by atoms with E-state index in [1.54, 1.807) is 0 Å². The van der Waals surface area contributed by atoms with E-state index in [0.717, 1.165) is 58.2 Å². The number of nitrogens with one attached hydrogen (secondary N) is 1. The number of carbonyl (C=O) groups is 2. The number of benzene rings is 1. The molecule has 0 atom stereocenters. The number of halogens is 2. The molecule has 1 aromatic carbocycles. The smallest absolute Gasteiger partial charge is 0.307 e. The van der Waals surface area contributed by atoms with Crippen LogP contribution in [0.4, 0.5) is 5.69 Å². The van der Waals surface area contributed by atoms with Crippen molar-refractivity contribution in [3.05, 3.63) is 46.6 Å². The molecule has 10 heteroatoms. The molecule has 2 fully saturated rings. The zero-order valence-corrected chi connectivity index (χ0v) is 19.5. The first kappa shape index (κ1) is 24.4. The molecule has 1 amide bonds. The van der Waals surface area contributed by atoms with Crippen LogP contribution in [0.15, 0.2) is 35.1 Å². The van der Waals surface area contributed by atoms with E-state index in [1.807, 2.05) is 18.2 Å². The van der Waals surface area contributed by atoms with Crippen molar-refractivity contribution in [2.24, 2.45) is 5.92 Å². The lowest BCUT2D eigenvalue weighted by molar-refractivity contribution is -0.134. The number of carbonyl (C=O) groups excluding carboxylic acids is 1. The predicted molar refractivity (Wildman–Crippen MR) is 124 cm³/mol. The van der Waals surface area contributed by atoms with Gasteiger partial charge in [-0.15, -0.1) is 0 Å². The van der Waals surface area contributed by atoms with Crippen LogP contribution >= 0.6 is 23.2 Å². The number of rotatable bonds is 6. The van der Waals surface area contributed by atoms with Gasteiger partial charge in [-0.3, -0.25) is 14.5 Å². The summed E-state index contributed by atoms with van der Waals surface area (Å²) in [5.41, 5.74) is 1.03. The minimum Gasteiger partial charge on any atom is -0.481 e. The molecule has 0 spiro atoms. The molecule has 2 heterocycles. The Kier molecular flexibility index (Phi) is 8.78. The van der Waals surface area contributed by atoms with Gasteiger partial charge < -0.3 is 19.7 Å². The Balaban J connectivity index is 0.000000668. The maximum Gasteiger partial charge on any atom is 0.307 e. The molecular formula is C22H28Cl2N4O4. The van der Waals surface area contributed by atoms with Crippen molar-refractivity contribution in [3.63, 3.8) is 0 Å². The molecule has 2 aromatic rings. The highest BCUT2D eigenvalue weighted by atomic mass is 35.5. The fourth-order valence-electron chi connectivity index (χ4n) is 3.99. The third-order valence-corrected chi connectivity index (χ3v) is 6.50. The van der Waals surface area contributed by atoms with Gasteiger partial charge in [0.1, 0.15) is 6.26 Å². The van der Waals surface area contributed by atoms with Crippen molar-refractivity contribution >= 4 is 40.8 Å². The summed E-state index contributed by atoms with van der Waals surface area (Å²) in [7, 11) is 0. The van der Waals surface area contributed by atoms with E-state index in [0.29, 0.717) is 16.0 Å². The molecule has 32 heavy (non-hydrogen) atoms. The summed E-state index contributed by atoms with van der Waals surface area (Å²) in [6, 6.07) is 6.05. The Labute approximate surface area is 197 Å². The Hall–Kier alpha value is -2.29. The Bertz CT molecular complexity index is 891. The summed E-state index contributed by atoms with van der Waals surface area (Å²) in [5.74, 6) is -0.236. The second kappa shape index (κ2) is 11.5. The number of piperazine rings is 1. The van der Waals surface area contributed by atoms with Crippen LogP contribution in [0.5, 0.6) is 0 Å². The highest BCUT2D eigenvalue weighted by Gasteiger charge is 2.31. The molecule has 1 aliphatic carbocycles. The van der Waals surface area contributed by atoms with Crippen LogP contribution in [0.25, 0.3) is 0 Å². The first-order valence-corrected chi connectivity index (χ1v) is 11.4. The van der Waals surface area contributed by atoms with Crippen LogP contribution in [0, 0.1) is 5.92 Å². The van der Waals surface area contributed by atoms with Crippen LogP contribution in [0.3, 0.4) is 0 Å². The Morgan fingerprint density at radius 3 is 2.53 bits per heavy atom. The summed E-state index contributed by atoms with van der Waals surface area (Å²) >= 11 is 12.5. The molecule has 8 nitrogen and oxygen atoms in total. The van der Waals surface area contributed by atoms with Gasteiger partial charge >= 0.3 is 5.91 Å². The summed E-state index contributed by atoms with van der Waals surface area (Å²) in [4.78, 5) is 29.6. The summed E-state index contributed by atoms with van der Waals surface area (Å²) in [6.45, 7) is 6.15. The molecule has 0 bridgehead atoms. The van der Waals surface area contributed by atoms with Gasteiger partial charge in [-0.25, -0.2) is 4.98 Å². The normalized spacial score (nSPS) is 20.7. The van der Waals surface area contributed by atoms with E-state index < -0.39 is 5.97 Å². The second-order valence-electron chi connectivity index (χ2n) is 8.05. The second-order valence-corrected chi connectivity index (χ2v) is 8.84. The van der Waals surface area contributed by atoms with Crippen LogP contribution in [-0.4, -0.2) is 65.6 Å². The minimum absolute atomic E-state index is 0.140. The fraction of sp³-hybridized carbons (Fsp3) is 0.500. The number of anilines is 1. The number of hydrogen-bond acceptors (Lipinski definition) is 6. The number of amides is 1. The number of carboxylic acid groups (broad SMARTS) is 1. The van der Waals surface area contributed by atoms with Gasteiger partial charge in [0.25, 0.3) is 11.9 Å². The molecule has 1 saturated carbocycles. The first-order chi connectivity index (χ1) is 15.3. The maximum atomic E-state index is 11.9. The lowest BCUT2D eigenvalue weighted by Gasteiger charge is -2.39. The van der Waals surface area contributed by atoms with Crippen LogP contribution in [-0.2, 0) is 4.79 Å². The standard InChI is InChI=1S/C20H24Cl2N4O2.C2H4O2/c21-16-2-1-3-17(18(16)22)26-9-7-25(8-10-26)6-4-14-12-15(13-14)24-19(27)20-23-5-11-28-20;1-2(3)4/h1-3,5,11,14-15H,4,6-10,12-13H2,(H,24,27);1H3,(H,3,4)/t14-,15-;. The highest BCUT2D eigenvalue weighted by Crippen LogP contribution is 2.33. The molecular weight excluding hydrogens is 455 g/mol. The number of aromatic nitrogens is 1. The molecule has 0 radical (unpaired) electrons. The molecule has 1 saturated heterocycles. The number of carboxylic acids is 1. The van der Waals surface area contributed by atoms with E-state index in [9.17, 15) is 4.79 Å². The summed E-state index contributed by atoms with van der Waals surface area (Å²) in [6.07, 6.45) is 6.13. The molecule has 1 aliphatic heterocycles. The summed E-state index contributed by atoms with van der Waals surface area (Å²) in [5, 5.41) is 11.6. The quantitative estimate of drug-likeness (QED) is 0.645. The molecule has 0 unspecified atom stereocenters. The maximum absolute atomic E-state index is 11.9. The largest absolute Gasteiger partial charge is 0.481 e. The van der Waals surface area contributed by atoms with Crippen LogP contribution in [0.1, 0.15) is 36.9 Å². The molecule has 2 N–H and O–H groups in total. The van der Waals surface area contributed by atoms with Gasteiger partial charge in [0, 0.05) is 39.1 Å². The Morgan fingerprint density at radius 2 is 1.91 bits per heavy atom. The monoisotopic (exact) mass is 482 g/mol. The van der Waals surface area contributed by atoms with Crippen molar-refractivity contribution < 1.29 is 19.1 Å². The summed E-state index contributed by atoms with van der Waals surface area (Å²) < 4.78 is 5.02. The van der Waals surface area contributed by atoms with Crippen LogP contribution < -0.4 is 10.2 Å². The third kappa shape index (κ3) is 6.85. The number of nitrogens with zero attached hydrogens (tertiary/aromatic N) is 3. The van der Waals surface area contributed by atoms with Crippen molar-refractivity contribution in [3.8, 4) is 0 Å². The lowest BCUT2D eigenvalue weighted by Crippen LogP contribution is -2.48. The predicted octanol–water partition coefficient (Wildman–Crippen LogP) is 3.79. The van der Waals surface area contributed by atoms with Crippen molar-refractivity contribution in [2.45, 2.75) is 32.2 Å². The van der Waals surface area contributed by atoms with E-state index in [-0.39, 0.29) is 17.8 Å². The van der Waals surface area contributed by atoms with Gasteiger partial charge in [-0.1, -0.05) is 29.3 Å². The molecule has 2 aliphatic rings. The average molecular weight is 483 g/mol. The first-order valence-electron chi connectivity index (χ1n) is 10.6. The van der Waals surface area contributed by atoms with E-state index >= 15 is 0 Å². The number of aliphatic carboxylic acids is 1. The topological polar surface area (TPSA) is 98.9 Å². The Morgan fingerprint density at radius 1 is 1.22 bits per heavy atom. The lowest BCUT2D eigenvalue weighted by atomic mass is 9.78. The van der Waals surface area contributed by atoms with Gasteiger partial charge in [-0.2, -0.15) is 0 Å². The molecule has 174 valence electrons. The van der Waals surface area contributed by atoms with E-state index in [1.165, 1.54) is 18.9 Å². The average Bonchev–Trinajstić information content (AvgIpc) is 3.27. The zero-order chi connectivity index (χ0) is 23.1. The van der Waals surface area contributed by atoms with Gasteiger partial charge in [0.05, 0.1) is 21.9 Å². The molecule has 4 rings (SSSR count).